The molecular weight excluding hydrogens is 184 g/mol. The van der Waals surface area contributed by atoms with Gasteiger partial charge >= 0.3 is 0 Å². The van der Waals surface area contributed by atoms with Crippen molar-refractivity contribution >= 4 is 0 Å². The second kappa shape index (κ2) is 4.80. The maximum atomic E-state index is 5.45. The Morgan fingerprint density at radius 1 is 1.20 bits per heavy atom. The first-order valence-corrected chi connectivity index (χ1v) is 6.04. The van der Waals surface area contributed by atoms with E-state index in [1.165, 1.54) is 29.5 Å². The van der Waals surface area contributed by atoms with Gasteiger partial charge in [-0.05, 0) is 41.9 Å². The standard InChI is InChI=1S/C14H20O/c1-3-11(4-2)12-5-6-14-10-15-8-7-13(14)9-12/h5-6,9,11H,3-4,7-8,10H2,1-2H3. The van der Waals surface area contributed by atoms with Gasteiger partial charge in [-0.2, -0.15) is 0 Å². The van der Waals surface area contributed by atoms with Gasteiger partial charge in [-0.25, -0.2) is 0 Å². The van der Waals surface area contributed by atoms with Gasteiger partial charge in [0.1, 0.15) is 0 Å². The molecule has 0 bridgehead atoms. The molecule has 2 rings (SSSR count). The fraction of sp³-hybridized carbons (Fsp3) is 0.571. The van der Waals surface area contributed by atoms with Crippen molar-refractivity contribution in [1.82, 2.24) is 0 Å². The predicted molar refractivity (Wildman–Crippen MR) is 63.1 cm³/mol. The molecule has 1 heteroatoms. The number of benzene rings is 1. The molecule has 1 aromatic carbocycles. The summed E-state index contributed by atoms with van der Waals surface area (Å²) in [5.74, 6) is 0.734. The van der Waals surface area contributed by atoms with Crippen molar-refractivity contribution in [2.24, 2.45) is 0 Å². The molecule has 1 aliphatic rings. The first kappa shape index (κ1) is 10.7. The summed E-state index contributed by atoms with van der Waals surface area (Å²) in [6.45, 7) is 6.24. The summed E-state index contributed by atoms with van der Waals surface area (Å²) in [5, 5.41) is 0. The number of rotatable bonds is 3. The quantitative estimate of drug-likeness (QED) is 0.730. The van der Waals surface area contributed by atoms with E-state index in [0.717, 1.165) is 25.6 Å². The van der Waals surface area contributed by atoms with Crippen LogP contribution in [-0.2, 0) is 17.8 Å². The van der Waals surface area contributed by atoms with Gasteiger partial charge in [0.2, 0.25) is 0 Å². The van der Waals surface area contributed by atoms with Crippen LogP contribution in [0.2, 0.25) is 0 Å². The van der Waals surface area contributed by atoms with E-state index < -0.39 is 0 Å². The lowest BCUT2D eigenvalue weighted by Crippen LogP contribution is -2.10. The highest BCUT2D eigenvalue weighted by atomic mass is 16.5. The summed E-state index contributed by atoms with van der Waals surface area (Å²) in [6, 6.07) is 6.93. The minimum Gasteiger partial charge on any atom is -0.376 e. The Labute approximate surface area is 92.5 Å². The van der Waals surface area contributed by atoms with E-state index in [2.05, 4.69) is 32.0 Å². The molecule has 0 radical (unpaired) electrons. The van der Waals surface area contributed by atoms with E-state index >= 15 is 0 Å². The maximum absolute atomic E-state index is 5.45. The average Bonchev–Trinajstić information content (AvgIpc) is 2.30. The Morgan fingerprint density at radius 2 is 2.00 bits per heavy atom. The molecule has 0 saturated heterocycles. The molecule has 1 aliphatic heterocycles. The zero-order valence-corrected chi connectivity index (χ0v) is 9.75. The largest absolute Gasteiger partial charge is 0.376 e. The normalized spacial score (nSPS) is 15.4. The molecule has 0 fully saturated rings. The highest BCUT2D eigenvalue weighted by Gasteiger charge is 2.12. The molecular formula is C14H20O. The third-order valence-electron chi connectivity index (χ3n) is 3.46. The fourth-order valence-electron chi connectivity index (χ4n) is 2.40. The van der Waals surface area contributed by atoms with Crippen LogP contribution in [0.5, 0.6) is 0 Å². The lowest BCUT2D eigenvalue weighted by molar-refractivity contribution is 0.110. The molecule has 0 aromatic heterocycles. The summed E-state index contributed by atoms with van der Waals surface area (Å²) in [5.41, 5.74) is 4.40. The topological polar surface area (TPSA) is 9.23 Å². The van der Waals surface area contributed by atoms with Gasteiger partial charge in [0, 0.05) is 0 Å². The molecule has 1 nitrogen and oxygen atoms in total. The third kappa shape index (κ3) is 2.23. The van der Waals surface area contributed by atoms with Gasteiger partial charge in [0.25, 0.3) is 0 Å². The molecule has 0 spiro atoms. The van der Waals surface area contributed by atoms with Crippen molar-refractivity contribution in [3.63, 3.8) is 0 Å². The number of fused-ring (bicyclic) bond motifs is 1. The number of ether oxygens (including phenoxy) is 1. The van der Waals surface area contributed by atoms with Crippen molar-refractivity contribution in [1.29, 1.82) is 0 Å². The van der Waals surface area contributed by atoms with Gasteiger partial charge < -0.3 is 4.74 Å². The van der Waals surface area contributed by atoms with Crippen LogP contribution in [0.3, 0.4) is 0 Å². The van der Waals surface area contributed by atoms with Crippen LogP contribution in [0.25, 0.3) is 0 Å². The third-order valence-corrected chi connectivity index (χ3v) is 3.46. The minimum absolute atomic E-state index is 0.734. The SMILES string of the molecule is CCC(CC)c1ccc2c(c1)CCOC2. The fourth-order valence-corrected chi connectivity index (χ4v) is 2.40. The lowest BCUT2D eigenvalue weighted by Gasteiger charge is -2.20. The smallest absolute Gasteiger partial charge is 0.0719 e. The summed E-state index contributed by atoms with van der Waals surface area (Å²) in [4.78, 5) is 0. The zero-order valence-electron chi connectivity index (χ0n) is 9.75. The van der Waals surface area contributed by atoms with Crippen molar-refractivity contribution in [3.8, 4) is 0 Å². The van der Waals surface area contributed by atoms with E-state index in [1.54, 1.807) is 0 Å². The van der Waals surface area contributed by atoms with Crippen LogP contribution in [0.1, 0.15) is 49.3 Å². The van der Waals surface area contributed by atoms with E-state index in [0.29, 0.717) is 0 Å². The molecule has 0 N–H and O–H groups in total. The Kier molecular flexibility index (Phi) is 3.42. The highest BCUT2D eigenvalue weighted by molar-refractivity contribution is 5.34. The summed E-state index contributed by atoms with van der Waals surface area (Å²) >= 11 is 0. The number of hydrogen-bond acceptors (Lipinski definition) is 1. The first-order valence-electron chi connectivity index (χ1n) is 6.04. The molecule has 82 valence electrons. The minimum atomic E-state index is 0.734. The van der Waals surface area contributed by atoms with Crippen molar-refractivity contribution in [2.75, 3.05) is 6.61 Å². The molecule has 0 atom stereocenters. The lowest BCUT2D eigenvalue weighted by atomic mass is 9.90. The molecule has 0 amide bonds. The van der Waals surface area contributed by atoms with Crippen LogP contribution in [0.15, 0.2) is 18.2 Å². The van der Waals surface area contributed by atoms with Crippen molar-refractivity contribution in [3.05, 3.63) is 34.9 Å². The Balaban J connectivity index is 2.27. The molecule has 1 aromatic rings. The van der Waals surface area contributed by atoms with E-state index in [1.807, 2.05) is 0 Å². The van der Waals surface area contributed by atoms with Gasteiger partial charge in [0.05, 0.1) is 13.2 Å². The molecule has 15 heavy (non-hydrogen) atoms. The summed E-state index contributed by atoms with van der Waals surface area (Å²) in [7, 11) is 0. The van der Waals surface area contributed by atoms with E-state index in [4.69, 9.17) is 4.74 Å². The van der Waals surface area contributed by atoms with Crippen LogP contribution in [0.4, 0.5) is 0 Å². The van der Waals surface area contributed by atoms with Crippen LogP contribution in [0, 0.1) is 0 Å². The van der Waals surface area contributed by atoms with E-state index in [9.17, 15) is 0 Å². The first-order chi connectivity index (χ1) is 7.35. The number of hydrogen-bond donors (Lipinski definition) is 0. The van der Waals surface area contributed by atoms with Crippen molar-refractivity contribution in [2.45, 2.75) is 45.6 Å². The van der Waals surface area contributed by atoms with Crippen LogP contribution >= 0.6 is 0 Å². The molecule has 0 aliphatic carbocycles. The summed E-state index contributed by atoms with van der Waals surface area (Å²) < 4.78 is 5.45. The predicted octanol–water partition coefficient (Wildman–Crippen LogP) is 3.66. The average molecular weight is 204 g/mol. The molecule has 1 heterocycles. The Bertz CT molecular complexity index is 326. The second-order valence-electron chi connectivity index (χ2n) is 4.34. The van der Waals surface area contributed by atoms with Gasteiger partial charge in [-0.3, -0.25) is 0 Å². The van der Waals surface area contributed by atoms with E-state index in [-0.39, 0.29) is 0 Å². The van der Waals surface area contributed by atoms with Gasteiger partial charge in [-0.1, -0.05) is 32.0 Å². The monoisotopic (exact) mass is 204 g/mol. The Hall–Kier alpha value is -0.820. The maximum Gasteiger partial charge on any atom is 0.0719 e. The summed E-state index contributed by atoms with van der Waals surface area (Å²) in [6.07, 6.45) is 3.57. The van der Waals surface area contributed by atoms with Gasteiger partial charge in [0.15, 0.2) is 0 Å². The Morgan fingerprint density at radius 3 is 2.73 bits per heavy atom. The van der Waals surface area contributed by atoms with Gasteiger partial charge in [-0.15, -0.1) is 0 Å². The highest BCUT2D eigenvalue weighted by Crippen LogP contribution is 2.26. The molecule has 0 unspecified atom stereocenters. The van der Waals surface area contributed by atoms with Crippen LogP contribution < -0.4 is 0 Å². The second-order valence-corrected chi connectivity index (χ2v) is 4.34. The van der Waals surface area contributed by atoms with Crippen LogP contribution in [-0.4, -0.2) is 6.61 Å². The van der Waals surface area contributed by atoms with Crippen molar-refractivity contribution < 1.29 is 4.74 Å². The zero-order chi connectivity index (χ0) is 10.7. The molecule has 0 saturated carbocycles.